The monoisotopic (exact) mass is 225 g/mol. The molecule has 0 radical (unpaired) electrons. The Morgan fingerprint density at radius 1 is 1.47 bits per heavy atom. The van der Waals surface area contributed by atoms with E-state index >= 15 is 0 Å². The molecule has 1 aliphatic rings. The van der Waals surface area contributed by atoms with Crippen molar-refractivity contribution in [3.8, 4) is 5.75 Å². The fraction of sp³-hybridized carbons (Fsp3) is 0.500. The molecular weight excluding hydrogens is 210 g/mol. The minimum Gasteiger partial charge on any atom is -0.495 e. The fourth-order valence-electron chi connectivity index (χ4n) is 2.26. The van der Waals surface area contributed by atoms with Crippen molar-refractivity contribution in [3.05, 3.63) is 28.8 Å². The molecule has 0 aliphatic heterocycles. The SMILES string of the molecule is COc1cccc(C2(CN)CCC2)c1Cl. The van der Waals surface area contributed by atoms with E-state index in [1.165, 1.54) is 6.42 Å². The average Bonchev–Trinajstić information content (AvgIpc) is 2.20. The van der Waals surface area contributed by atoms with E-state index < -0.39 is 0 Å². The first-order chi connectivity index (χ1) is 7.23. The van der Waals surface area contributed by atoms with Crippen LogP contribution in [-0.2, 0) is 5.41 Å². The number of nitrogens with two attached hydrogens (primary N) is 1. The van der Waals surface area contributed by atoms with Gasteiger partial charge in [0.1, 0.15) is 5.75 Å². The van der Waals surface area contributed by atoms with Gasteiger partial charge in [-0.05, 0) is 24.5 Å². The maximum Gasteiger partial charge on any atom is 0.137 e. The lowest BCUT2D eigenvalue weighted by molar-refractivity contribution is 0.252. The number of rotatable bonds is 3. The van der Waals surface area contributed by atoms with E-state index in [9.17, 15) is 0 Å². The van der Waals surface area contributed by atoms with Gasteiger partial charge in [-0.2, -0.15) is 0 Å². The van der Waals surface area contributed by atoms with Crippen LogP contribution in [0.15, 0.2) is 18.2 Å². The summed E-state index contributed by atoms with van der Waals surface area (Å²) in [6.07, 6.45) is 3.51. The Labute approximate surface area is 95.4 Å². The largest absolute Gasteiger partial charge is 0.495 e. The van der Waals surface area contributed by atoms with Gasteiger partial charge in [0, 0.05) is 12.0 Å². The van der Waals surface area contributed by atoms with Gasteiger partial charge in [0.25, 0.3) is 0 Å². The second-order valence-corrected chi connectivity index (χ2v) is 4.54. The number of ether oxygens (including phenoxy) is 1. The van der Waals surface area contributed by atoms with Gasteiger partial charge in [-0.1, -0.05) is 30.2 Å². The summed E-state index contributed by atoms with van der Waals surface area (Å²) >= 11 is 6.30. The molecular formula is C12H16ClNO. The summed E-state index contributed by atoms with van der Waals surface area (Å²) in [6.45, 7) is 0.667. The standard InChI is InChI=1S/C12H16ClNO/c1-15-10-5-2-4-9(11(10)13)12(8-14)6-3-7-12/h2,4-5H,3,6-8,14H2,1H3. The second kappa shape index (κ2) is 4.03. The first kappa shape index (κ1) is 10.8. The summed E-state index contributed by atoms with van der Waals surface area (Å²) in [4.78, 5) is 0. The zero-order chi connectivity index (χ0) is 10.9. The molecule has 0 atom stereocenters. The van der Waals surface area contributed by atoms with Gasteiger partial charge in [0.05, 0.1) is 12.1 Å². The third-order valence-electron chi connectivity index (χ3n) is 3.46. The second-order valence-electron chi connectivity index (χ2n) is 4.16. The van der Waals surface area contributed by atoms with Crippen molar-refractivity contribution in [1.29, 1.82) is 0 Å². The molecule has 0 spiro atoms. The molecule has 82 valence electrons. The molecule has 2 N–H and O–H groups in total. The van der Waals surface area contributed by atoms with Crippen molar-refractivity contribution in [2.45, 2.75) is 24.7 Å². The normalized spacial score (nSPS) is 18.3. The summed E-state index contributed by atoms with van der Waals surface area (Å²) in [7, 11) is 1.64. The third-order valence-corrected chi connectivity index (χ3v) is 3.85. The number of methoxy groups -OCH3 is 1. The molecule has 0 bridgehead atoms. The molecule has 1 aliphatic carbocycles. The average molecular weight is 226 g/mol. The summed E-state index contributed by atoms with van der Waals surface area (Å²) in [5.41, 5.74) is 7.11. The molecule has 1 aromatic rings. The lowest BCUT2D eigenvalue weighted by Crippen LogP contribution is -2.41. The van der Waals surface area contributed by atoms with Gasteiger partial charge in [-0.15, -0.1) is 0 Å². The molecule has 0 heterocycles. The van der Waals surface area contributed by atoms with Crippen LogP contribution in [0.25, 0.3) is 0 Å². The Morgan fingerprint density at radius 2 is 2.20 bits per heavy atom. The molecule has 1 saturated carbocycles. The van der Waals surface area contributed by atoms with E-state index in [0.29, 0.717) is 6.54 Å². The lowest BCUT2D eigenvalue weighted by Gasteiger charge is -2.42. The Hall–Kier alpha value is -0.730. The summed E-state index contributed by atoms with van der Waals surface area (Å²) in [6, 6.07) is 5.93. The lowest BCUT2D eigenvalue weighted by atomic mass is 9.64. The number of benzene rings is 1. The van der Waals surface area contributed by atoms with Crippen molar-refractivity contribution >= 4 is 11.6 Å². The maximum atomic E-state index is 6.30. The number of halogens is 1. The van der Waals surface area contributed by atoms with E-state index in [4.69, 9.17) is 22.1 Å². The zero-order valence-electron chi connectivity index (χ0n) is 8.92. The molecule has 0 aromatic heterocycles. The highest BCUT2D eigenvalue weighted by molar-refractivity contribution is 6.33. The predicted octanol–water partition coefficient (Wildman–Crippen LogP) is 2.73. The Morgan fingerprint density at radius 3 is 2.67 bits per heavy atom. The predicted molar refractivity (Wildman–Crippen MR) is 62.6 cm³/mol. The van der Waals surface area contributed by atoms with E-state index in [1.807, 2.05) is 12.1 Å². The van der Waals surface area contributed by atoms with Gasteiger partial charge in [-0.25, -0.2) is 0 Å². The summed E-state index contributed by atoms with van der Waals surface area (Å²) in [5, 5.41) is 0.727. The van der Waals surface area contributed by atoms with E-state index in [1.54, 1.807) is 7.11 Å². The zero-order valence-corrected chi connectivity index (χ0v) is 9.68. The minimum absolute atomic E-state index is 0.103. The molecule has 15 heavy (non-hydrogen) atoms. The maximum absolute atomic E-state index is 6.30. The first-order valence-electron chi connectivity index (χ1n) is 5.26. The smallest absolute Gasteiger partial charge is 0.137 e. The highest BCUT2D eigenvalue weighted by atomic mass is 35.5. The Bertz CT molecular complexity index is 355. The molecule has 3 heteroatoms. The molecule has 2 rings (SSSR count). The van der Waals surface area contributed by atoms with Crippen molar-refractivity contribution in [3.63, 3.8) is 0 Å². The van der Waals surface area contributed by atoms with Gasteiger partial charge in [-0.3, -0.25) is 0 Å². The van der Waals surface area contributed by atoms with Crippen LogP contribution in [0, 0.1) is 0 Å². The van der Waals surface area contributed by atoms with Crippen LogP contribution >= 0.6 is 11.6 Å². The molecule has 1 aromatic carbocycles. The van der Waals surface area contributed by atoms with Crippen LogP contribution in [0.3, 0.4) is 0 Å². The topological polar surface area (TPSA) is 35.2 Å². The minimum atomic E-state index is 0.103. The summed E-state index contributed by atoms with van der Waals surface area (Å²) < 4.78 is 5.22. The third kappa shape index (κ3) is 1.62. The van der Waals surface area contributed by atoms with Crippen molar-refractivity contribution < 1.29 is 4.74 Å². The highest BCUT2D eigenvalue weighted by Crippen LogP contribution is 2.47. The summed E-state index contributed by atoms with van der Waals surface area (Å²) in [5.74, 6) is 0.744. The Balaban J connectivity index is 2.43. The van der Waals surface area contributed by atoms with Crippen LogP contribution in [0.4, 0.5) is 0 Å². The molecule has 0 unspecified atom stereocenters. The van der Waals surface area contributed by atoms with Gasteiger partial charge >= 0.3 is 0 Å². The van der Waals surface area contributed by atoms with Crippen molar-refractivity contribution in [1.82, 2.24) is 0 Å². The first-order valence-corrected chi connectivity index (χ1v) is 5.64. The van der Waals surface area contributed by atoms with Crippen LogP contribution < -0.4 is 10.5 Å². The van der Waals surface area contributed by atoms with Gasteiger partial charge < -0.3 is 10.5 Å². The van der Waals surface area contributed by atoms with Crippen LogP contribution in [0.2, 0.25) is 5.02 Å². The van der Waals surface area contributed by atoms with E-state index in [2.05, 4.69) is 6.07 Å². The highest BCUT2D eigenvalue weighted by Gasteiger charge is 2.39. The van der Waals surface area contributed by atoms with E-state index in [-0.39, 0.29) is 5.41 Å². The Kier molecular flexibility index (Phi) is 2.89. The van der Waals surface area contributed by atoms with Crippen LogP contribution in [0.5, 0.6) is 5.75 Å². The number of hydrogen-bond acceptors (Lipinski definition) is 2. The van der Waals surface area contributed by atoms with Crippen LogP contribution in [0.1, 0.15) is 24.8 Å². The number of hydrogen-bond donors (Lipinski definition) is 1. The molecule has 0 saturated heterocycles. The molecule has 2 nitrogen and oxygen atoms in total. The van der Waals surface area contributed by atoms with Crippen molar-refractivity contribution in [2.24, 2.45) is 5.73 Å². The quantitative estimate of drug-likeness (QED) is 0.859. The van der Waals surface area contributed by atoms with Gasteiger partial charge in [0.15, 0.2) is 0 Å². The fourth-order valence-corrected chi connectivity index (χ4v) is 2.67. The molecule has 1 fully saturated rings. The van der Waals surface area contributed by atoms with E-state index in [0.717, 1.165) is 29.2 Å². The van der Waals surface area contributed by atoms with Crippen LogP contribution in [-0.4, -0.2) is 13.7 Å². The van der Waals surface area contributed by atoms with Crippen molar-refractivity contribution in [2.75, 3.05) is 13.7 Å². The van der Waals surface area contributed by atoms with Gasteiger partial charge in [0.2, 0.25) is 0 Å². The molecule has 0 amide bonds.